The van der Waals surface area contributed by atoms with Crippen molar-refractivity contribution in [3.8, 4) is 5.75 Å². The standard InChI is InChI=1S/C9H12N2O4/c1-3-15-9(13)7-8(14-2)6(12)4-5-11(7)10/h4-5H,3,10H2,1-2H3. The zero-order chi connectivity index (χ0) is 11.4. The Bertz CT molecular complexity index is 425. The number of carbonyl (C=O) groups is 1. The van der Waals surface area contributed by atoms with Crippen LogP contribution in [0.25, 0.3) is 0 Å². The quantitative estimate of drug-likeness (QED) is 0.551. The van der Waals surface area contributed by atoms with Gasteiger partial charge in [-0.2, -0.15) is 0 Å². The van der Waals surface area contributed by atoms with Crippen LogP contribution in [0.15, 0.2) is 17.1 Å². The predicted molar refractivity (Wildman–Crippen MR) is 53.4 cm³/mol. The Kier molecular flexibility index (Phi) is 3.33. The lowest BCUT2D eigenvalue weighted by Gasteiger charge is -2.10. The number of aromatic nitrogens is 1. The molecule has 0 atom stereocenters. The molecule has 6 heteroatoms. The lowest BCUT2D eigenvalue weighted by Crippen LogP contribution is -2.25. The Morgan fingerprint density at radius 3 is 2.80 bits per heavy atom. The van der Waals surface area contributed by atoms with E-state index in [1.807, 2.05) is 0 Å². The molecule has 0 aromatic carbocycles. The third kappa shape index (κ3) is 2.09. The van der Waals surface area contributed by atoms with Crippen LogP contribution in [0.1, 0.15) is 17.4 Å². The number of hydrogen-bond donors (Lipinski definition) is 1. The Morgan fingerprint density at radius 2 is 2.27 bits per heavy atom. The van der Waals surface area contributed by atoms with E-state index in [1.54, 1.807) is 6.92 Å². The van der Waals surface area contributed by atoms with Gasteiger partial charge >= 0.3 is 5.97 Å². The molecule has 0 amide bonds. The Hall–Kier alpha value is -1.98. The molecule has 1 aromatic rings. The summed E-state index contributed by atoms with van der Waals surface area (Å²) >= 11 is 0. The summed E-state index contributed by atoms with van der Waals surface area (Å²) in [6.45, 7) is 1.86. The molecule has 0 aliphatic carbocycles. The van der Waals surface area contributed by atoms with E-state index in [1.165, 1.54) is 19.4 Å². The zero-order valence-electron chi connectivity index (χ0n) is 8.52. The van der Waals surface area contributed by atoms with Gasteiger partial charge in [-0.1, -0.05) is 0 Å². The van der Waals surface area contributed by atoms with Crippen LogP contribution in [0.3, 0.4) is 0 Å². The number of hydrogen-bond acceptors (Lipinski definition) is 5. The van der Waals surface area contributed by atoms with E-state index in [0.29, 0.717) is 0 Å². The monoisotopic (exact) mass is 212 g/mol. The maximum atomic E-state index is 11.5. The van der Waals surface area contributed by atoms with Crippen LogP contribution >= 0.6 is 0 Å². The van der Waals surface area contributed by atoms with Crippen molar-refractivity contribution < 1.29 is 14.3 Å². The summed E-state index contributed by atoms with van der Waals surface area (Å²) in [5.41, 5.74) is -0.505. The summed E-state index contributed by atoms with van der Waals surface area (Å²) in [5.74, 6) is 4.70. The Balaban J connectivity index is 3.31. The summed E-state index contributed by atoms with van der Waals surface area (Å²) in [6.07, 6.45) is 1.27. The topological polar surface area (TPSA) is 83.5 Å². The highest BCUT2D eigenvalue weighted by atomic mass is 16.5. The maximum Gasteiger partial charge on any atom is 0.360 e. The lowest BCUT2D eigenvalue weighted by atomic mass is 10.3. The van der Waals surface area contributed by atoms with E-state index in [9.17, 15) is 9.59 Å². The van der Waals surface area contributed by atoms with Crippen LogP contribution < -0.4 is 16.0 Å². The molecule has 0 fully saturated rings. The van der Waals surface area contributed by atoms with Crippen LogP contribution in [0.5, 0.6) is 5.75 Å². The summed E-state index contributed by atoms with van der Waals surface area (Å²) in [5, 5.41) is 0. The second-order valence-corrected chi connectivity index (χ2v) is 2.69. The summed E-state index contributed by atoms with van der Waals surface area (Å²) in [6, 6.07) is 1.21. The van der Waals surface area contributed by atoms with E-state index in [0.717, 1.165) is 4.68 Å². The third-order valence-electron chi connectivity index (χ3n) is 1.76. The van der Waals surface area contributed by atoms with Crippen molar-refractivity contribution in [2.45, 2.75) is 6.92 Å². The number of nitrogens with zero attached hydrogens (tertiary/aromatic N) is 1. The van der Waals surface area contributed by atoms with Crippen molar-refractivity contribution >= 4 is 5.97 Å². The second-order valence-electron chi connectivity index (χ2n) is 2.69. The SMILES string of the molecule is CCOC(=O)c1c(OC)c(=O)ccn1N. The second kappa shape index (κ2) is 4.50. The molecule has 0 unspecified atom stereocenters. The van der Waals surface area contributed by atoms with E-state index < -0.39 is 11.4 Å². The third-order valence-corrected chi connectivity index (χ3v) is 1.76. The minimum Gasteiger partial charge on any atom is -0.490 e. The van der Waals surface area contributed by atoms with Gasteiger partial charge in [0.15, 0.2) is 11.4 Å². The van der Waals surface area contributed by atoms with Crippen LogP contribution in [-0.4, -0.2) is 24.4 Å². The molecule has 0 radical (unpaired) electrons. The van der Waals surface area contributed by atoms with Crippen LogP contribution in [0.2, 0.25) is 0 Å². The lowest BCUT2D eigenvalue weighted by molar-refractivity contribution is 0.0510. The highest BCUT2D eigenvalue weighted by Crippen LogP contribution is 2.11. The summed E-state index contributed by atoms with van der Waals surface area (Å²) in [4.78, 5) is 22.8. The molecule has 0 saturated heterocycles. The fourth-order valence-electron chi connectivity index (χ4n) is 1.13. The van der Waals surface area contributed by atoms with Gasteiger partial charge in [0.1, 0.15) is 0 Å². The van der Waals surface area contributed by atoms with E-state index in [4.69, 9.17) is 15.3 Å². The first-order valence-electron chi connectivity index (χ1n) is 4.33. The first kappa shape index (κ1) is 11.1. The fourth-order valence-corrected chi connectivity index (χ4v) is 1.13. The molecule has 0 aliphatic heterocycles. The number of ether oxygens (including phenoxy) is 2. The van der Waals surface area contributed by atoms with E-state index >= 15 is 0 Å². The number of nitrogen functional groups attached to an aromatic ring is 1. The van der Waals surface area contributed by atoms with Gasteiger partial charge in [-0.15, -0.1) is 0 Å². The molecule has 1 rings (SSSR count). The predicted octanol–water partition coefficient (Wildman–Crippen LogP) is -0.253. The number of esters is 1. The Labute approximate surface area is 86.2 Å². The molecule has 15 heavy (non-hydrogen) atoms. The van der Waals surface area contributed by atoms with E-state index in [2.05, 4.69) is 0 Å². The van der Waals surface area contributed by atoms with Gasteiger partial charge < -0.3 is 15.3 Å². The minimum absolute atomic E-state index is 0.0909. The van der Waals surface area contributed by atoms with Crippen LogP contribution in [0, 0.1) is 0 Å². The van der Waals surface area contributed by atoms with Gasteiger partial charge in [0, 0.05) is 12.3 Å². The zero-order valence-corrected chi connectivity index (χ0v) is 8.52. The minimum atomic E-state index is -0.686. The van der Waals surface area contributed by atoms with Gasteiger partial charge in [-0.25, -0.2) is 4.79 Å². The largest absolute Gasteiger partial charge is 0.490 e. The molecule has 0 bridgehead atoms. The molecular formula is C9H12N2O4. The molecular weight excluding hydrogens is 200 g/mol. The van der Waals surface area contributed by atoms with Gasteiger partial charge in [0.05, 0.1) is 13.7 Å². The van der Waals surface area contributed by atoms with Crippen molar-refractivity contribution in [2.24, 2.45) is 0 Å². The van der Waals surface area contributed by atoms with Crippen molar-refractivity contribution in [3.63, 3.8) is 0 Å². The van der Waals surface area contributed by atoms with Gasteiger partial charge in [-0.3, -0.25) is 9.47 Å². The number of pyridine rings is 1. The highest BCUT2D eigenvalue weighted by Gasteiger charge is 2.19. The average molecular weight is 212 g/mol. The summed E-state index contributed by atoms with van der Waals surface area (Å²) in [7, 11) is 1.29. The first-order valence-corrected chi connectivity index (χ1v) is 4.33. The molecule has 82 valence electrons. The number of rotatable bonds is 3. The van der Waals surface area contributed by atoms with Crippen molar-refractivity contribution in [3.05, 3.63) is 28.2 Å². The Morgan fingerprint density at radius 1 is 1.60 bits per heavy atom. The average Bonchev–Trinajstić information content (AvgIpc) is 2.21. The molecule has 1 aromatic heterocycles. The molecule has 6 nitrogen and oxygen atoms in total. The van der Waals surface area contributed by atoms with Gasteiger partial charge in [-0.05, 0) is 6.92 Å². The smallest absolute Gasteiger partial charge is 0.360 e. The summed E-state index contributed by atoms with van der Waals surface area (Å²) < 4.78 is 10.6. The maximum absolute atomic E-state index is 11.5. The van der Waals surface area contributed by atoms with Crippen molar-refractivity contribution in [1.29, 1.82) is 0 Å². The molecule has 0 aliphatic rings. The van der Waals surface area contributed by atoms with Crippen molar-refractivity contribution in [2.75, 3.05) is 19.6 Å². The molecule has 2 N–H and O–H groups in total. The molecule has 1 heterocycles. The van der Waals surface area contributed by atoms with E-state index in [-0.39, 0.29) is 18.1 Å². The first-order chi connectivity index (χ1) is 7.11. The molecule has 0 saturated carbocycles. The fraction of sp³-hybridized carbons (Fsp3) is 0.333. The van der Waals surface area contributed by atoms with Gasteiger partial charge in [0.2, 0.25) is 5.43 Å². The van der Waals surface area contributed by atoms with Gasteiger partial charge in [0.25, 0.3) is 0 Å². The number of nitrogens with two attached hydrogens (primary N) is 1. The van der Waals surface area contributed by atoms with Crippen LogP contribution in [-0.2, 0) is 4.74 Å². The van der Waals surface area contributed by atoms with Crippen molar-refractivity contribution in [1.82, 2.24) is 4.68 Å². The number of carbonyl (C=O) groups excluding carboxylic acids is 1. The van der Waals surface area contributed by atoms with Crippen LogP contribution in [0.4, 0.5) is 0 Å². The normalized spacial score (nSPS) is 9.73. The number of methoxy groups -OCH3 is 1. The highest BCUT2D eigenvalue weighted by molar-refractivity contribution is 5.90. The molecule has 0 spiro atoms.